The Labute approximate surface area is 41.5 Å². The average Bonchev–Trinajstić information content (AvgIpc) is 1.27. The van der Waals surface area contributed by atoms with Crippen LogP contribution in [0.1, 0.15) is 13.3 Å². The molecule has 2 N–H and O–H groups in total. The molecular weight excluding hydrogens is 100 g/mol. The van der Waals surface area contributed by atoms with Gasteiger partial charge >= 0.3 is 0 Å². The van der Waals surface area contributed by atoms with Crippen molar-refractivity contribution in [3.63, 3.8) is 0 Å². The summed E-state index contributed by atoms with van der Waals surface area (Å²) >= 11 is 0. The van der Waals surface area contributed by atoms with Gasteiger partial charge in [0.2, 0.25) is 6.43 Å². The maximum Gasteiger partial charge on any atom is 0.240 e. The Kier molecular flexibility index (Phi) is 2.83. The molecule has 0 fully saturated rings. The van der Waals surface area contributed by atoms with Crippen LogP contribution in [-0.2, 0) is 0 Å². The normalized spacial score (nSPS) is 15.0. The van der Waals surface area contributed by atoms with Crippen LogP contribution in [0.25, 0.3) is 0 Å². The van der Waals surface area contributed by atoms with Crippen LogP contribution in [0.4, 0.5) is 8.78 Å². The van der Waals surface area contributed by atoms with E-state index in [1.165, 1.54) is 0 Å². The van der Waals surface area contributed by atoms with E-state index in [0.717, 1.165) is 0 Å². The lowest BCUT2D eigenvalue weighted by molar-refractivity contribution is 0.130. The van der Waals surface area contributed by atoms with Crippen LogP contribution in [0.2, 0.25) is 0 Å². The largest absolute Gasteiger partial charge is 0.328 e. The fourth-order valence-corrected chi connectivity index (χ4v) is 0.281. The summed E-state index contributed by atoms with van der Waals surface area (Å²) < 4.78 is 22.4. The van der Waals surface area contributed by atoms with Crippen molar-refractivity contribution < 1.29 is 8.78 Å². The van der Waals surface area contributed by atoms with Crippen molar-refractivity contribution in [1.29, 1.82) is 0 Å². The monoisotopic (exact) mass is 109 g/mol. The first kappa shape index (κ1) is 6.82. The average molecular weight is 109 g/mol. The zero-order valence-corrected chi connectivity index (χ0v) is 4.20. The predicted molar refractivity (Wildman–Crippen MR) is 24.3 cm³/mol. The quantitative estimate of drug-likeness (QED) is 0.562. The van der Waals surface area contributed by atoms with Gasteiger partial charge in [-0.05, 0) is 6.92 Å². The lowest BCUT2D eigenvalue weighted by Crippen LogP contribution is -2.17. The van der Waals surface area contributed by atoms with Crippen molar-refractivity contribution in [2.24, 2.45) is 5.73 Å². The summed E-state index contributed by atoms with van der Waals surface area (Å²) in [6.45, 7) is 1.56. The SMILES string of the molecule is C[C@@H](N)CC(F)F. The minimum Gasteiger partial charge on any atom is -0.328 e. The number of alkyl halides is 2. The molecule has 0 aromatic rings. The molecular formula is C4H9F2N. The Balaban J connectivity index is 2.95. The van der Waals surface area contributed by atoms with E-state index in [1.807, 2.05) is 0 Å². The van der Waals surface area contributed by atoms with E-state index in [2.05, 4.69) is 0 Å². The van der Waals surface area contributed by atoms with E-state index in [-0.39, 0.29) is 12.5 Å². The van der Waals surface area contributed by atoms with E-state index >= 15 is 0 Å². The molecule has 44 valence electrons. The van der Waals surface area contributed by atoms with E-state index in [9.17, 15) is 8.78 Å². The molecule has 0 bridgehead atoms. The molecule has 0 saturated carbocycles. The Morgan fingerprint density at radius 2 is 2.00 bits per heavy atom. The summed E-state index contributed by atoms with van der Waals surface area (Å²) in [5.74, 6) is 0. The van der Waals surface area contributed by atoms with Crippen LogP contribution in [0, 0.1) is 0 Å². The van der Waals surface area contributed by atoms with Gasteiger partial charge in [-0.25, -0.2) is 8.78 Å². The summed E-state index contributed by atoms with van der Waals surface area (Å²) in [5, 5.41) is 0. The highest BCUT2D eigenvalue weighted by atomic mass is 19.3. The summed E-state index contributed by atoms with van der Waals surface area (Å²) in [6.07, 6.45) is -2.44. The van der Waals surface area contributed by atoms with Crippen molar-refractivity contribution in [1.82, 2.24) is 0 Å². The third-order valence-electron chi connectivity index (χ3n) is 0.550. The number of rotatable bonds is 2. The first-order valence-corrected chi connectivity index (χ1v) is 2.16. The van der Waals surface area contributed by atoms with Gasteiger partial charge in [0.05, 0.1) is 0 Å². The second kappa shape index (κ2) is 2.91. The highest BCUT2D eigenvalue weighted by Crippen LogP contribution is 1.99. The van der Waals surface area contributed by atoms with E-state index in [4.69, 9.17) is 5.73 Å². The predicted octanol–water partition coefficient (Wildman–Crippen LogP) is 0.989. The first-order chi connectivity index (χ1) is 3.13. The van der Waals surface area contributed by atoms with Crippen LogP contribution in [0.3, 0.4) is 0 Å². The molecule has 0 radical (unpaired) electrons. The molecule has 0 aliphatic heterocycles. The molecule has 0 aliphatic carbocycles. The van der Waals surface area contributed by atoms with Gasteiger partial charge in [-0.3, -0.25) is 0 Å². The zero-order chi connectivity index (χ0) is 5.86. The Bertz CT molecular complexity index is 39.0. The molecule has 0 rings (SSSR count). The van der Waals surface area contributed by atoms with Crippen LogP contribution < -0.4 is 5.73 Å². The topological polar surface area (TPSA) is 26.0 Å². The minimum atomic E-state index is -2.25. The zero-order valence-electron chi connectivity index (χ0n) is 4.20. The Morgan fingerprint density at radius 3 is 2.00 bits per heavy atom. The standard InChI is InChI=1S/C4H9F2N/c1-3(7)2-4(5)6/h3-4H,2,7H2,1H3/t3-/m1/s1. The third-order valence-corrected chi connectivity index (χ3v) is 0.550. The molecule has 3 heteroatoms. The molecule has 0 unspecified atom stereocenters. The minimum absolute atomic E-state index is 0.194. The number of halogens is 2. The van der Waals surface area contributed by atoms with Crippen molar-refractivity contribution in [3.05, 3.63) is 0 Å². The van der Waals surface area contributed by atoms with E-state index < -0.39 is 6.43 Å². The highest BCUT2D eigenvalue weighted by Gasteiger charge is 2.03. The summed E-state index contributed by atoms with van der Waals surface area (Å²) in [5.41, 5.74) is 5.01. The first-order valence-electron chi connectivity index (χ1n) is 2.16. The smallest absolute Gasteiger partial charge is 0.240 e. The fourth-order valence-electron chi connectivity index (χ4n) is 0.281. The van der Waals surface area contributed by atoms with Crippen molar-refractivity contribution >= 4 is 0 Å². The van der Waals surface area contributed by atoms with Gasteiger partial charge in [-0.15, -0.1) is 0 Å². The Morgan fingerprint density at radius 1 is 1.57 bits per heavy atom. The molecule has 7 heavy (non-hydrogen) atoms. The Hall–Kier alpha value is -0.180. The highest BCUT2D eigenvalue weighted by molar-refractivity contribution is 4.52. The van der Waals surface area contributed by atoms with E-state index in [1.54, 1.807) is 6.92 Å². The van der Waals surface area contributed by atoms with Crippen LogP contribution in [0.15, 0.2) is 0 Å². The lowest BCUT2D eigenvalue weighted by Gasteiger charge is -2.00. The third kappa shape index (κ3) is 5.82. The van der Waals surface area contributed by atoms with Crippen molar-refractivity contribution in [2.45, 2.75) is 25.8 Å². The van der Waals surface area contributed by atoms with Crippen molar-refractivity contribution in [3.8, 4) is 0 Å². The molecule has 0 heterocycles. The second-order valence-electron chi connectivity index (χ2n) is 1.60. The molecule has 1 atom stereocenters. The maximum atomic E-state index is 11.2. The number of hydrogen-bond acceptors (Lipinski definition) is 1. The van der Waals surface area contributed by atoms with Gasteiger partial charge in [-0.2, -0.15) is 0 Å². The molecule has 1 nitrogen and oxygen atoms in total. The second-order valence-corrected chi connectivity index (χ2v) is 1.60. The van der Waals surface area contributed by atoms with Crippen LogP contribution >= 0.6 is 0 Å². The molecule has 0 saturated heterocycles. The summed E-state index contributed by atoms with van der Waals surface area (Å²) in [4.78, 5) is 0. The van der Waals surface area contributed by atoms with Gasteiger partial charge in [0, 0.05) is 12.5 Å². The van der Waals surface area contributed by atoms with Crippen molar-refractivity contribution in [2.75, 3.05) is 0 Å². The van der Waals surface area contributed by atoms with Gasteiger partial charge < -0.3 is 5.73 Å². The summed E-state index contributed by atoms with van der Waals surface area (Å²) in [6, 6.07) is -0.375. The number of hydrogen-bond donors (Lipinski definition) is 1. The molecule has 0 amide bonds. The molecule has 0 spiro atoms. The maximum absolute atomic E-state index is 11.2. The molecule has 0 aromatic carbocycles. The molecule has 0 aromatic heterocycles. The van der Waals surface area contributed by atoms with Gasteiger partial charge in [-0.1, -0.05) is 0 Å². The van der Waals surface area contributed by atoms with Gasteiger partial charge in [0.1, 0.15) is 0 Å². The summed E-state index contributed by atoms with van der Waals surface area (Å²) in [7, 11) is 0. The lowest BCUT2D eigenvalue weighted by atomic mass is 10.3. The van der Waals surface area contributed by atoms with Gasteiger partial charge in [0.15, 0.2) is 0 Å². The number of nitrogens with two attached hydrogens (primary N) is 1. The molecule has 0 aliphatic rings. The van der Waals surface area contributed by atoms with E-state index in [0.29, 0.717) is 0 Å². The van der Waals surface area contributed by atoms with Crippen LogP contribution in [-0.4, -0.2) is 12.5 Å². The fraction of sp³-hybridized carbons (Fsp3) is 1.00. The van der Waals surface area contributed by atoms with Gasteiger partial charge in [0.25, 0.3) is 0 Å². The van der Waals surface area contributed by atoms with Crippen LogP contribution in [0.5, 0.6) is 0 Å².